The minimum absolute atomic E-state index is 0.106. The Morgan fingerprint density at radius 3 is 2.27 bits per heavy atom. The normalized spacial score (nSPS) is 11.4. The van der Waals surface area contributed by atoms with Crippen molar-refractivity contribution in [2.45, 2.75) is 11.8 Å². The predicted octanol–water partition coefficient (Wildman–Crippen LogP) is 3.99. The van der Waals surface area contributed by atoms with Crippen LogP contribution in [-0.4, -0.2) is 27.1 Å². The number of benzene rings is 3. The van der Waals surface area contributed by atoms with E-state index in [0.29, 0.717) is 10.7 Å². The molecule has 30 heavy (non-hydrogen) atoms. The van der Waals surface area contributed by atoms with Crippen molar-refractivity contribution >= 4 is 39.4 Å². The van der Waals surface area contributed by atoms with E-state index in [1.54, 1.807) is 66.7 Å². The Morgan fingerprint density at radius 2 is 1.63 bits per heavy atom. The number of rotatable bonds is 7. The summed E-state index contributed by atoms with van der Waals surface area (Å²) in [5.41, 5.74) is 4.44. The molecule has 1 amide bonds. The fraction of sp³-hybridized carbons (Fsp3) is 0.0909. The summed E-state index contributed by atoms with van der Waals surface area (Å²) in [6, 6.07) is 21.8. The van der Waals surface area contributed by atoms with Gasteiger partial charge in [-0.05, 0) is 48.9 Å². The van der Waals surface area contributed by atoms with Crippen LogP contribution >= 0.6 is 11.6 Å². The molecule has 3 aromatic rings. The van der Waals surface area contributed by atoms with Gasteiger partial charge in [0.15, 0.2) is 0 Å². The van der Waals surface area contributed by atoms with Crippen LogP contribution in [0.15, 0.2) is 88.9 Å². The first-order valence-corrected chi connectivity index (χ1v) is 10.9. The number of nitrogens with zero attached hydrogens (tertiary/aromatic N) is 2. The lowest BCUT2D eigenvalue weighted by Crippen LogP contribution is -2.39. The number of hydrogen-bond donors (Lipinski definition) is 1. The van der Waals surface area contributed by atoms with E-state index in [1.807, 2.05) is 6.92 Å². The zero-order chi connectivity index (χ0) is 21.6. The van der Waals surface area contributed by atoms with Gasteiger partial charge < -0.3 is 0 Å². The summed E-state index contributed by atoms with van der Waals surface area (Å²) in [6.07, 6.45) is 1.45. The third-order valence-electron chi connectivity index (χ3n) is 4.21. The number of amides is 1. The lowest BCUT2D eigenvalue weighted by atomic mass is 10.2. The van der Waals surface area contributed by atoms with E-state index < -0.39 is 22.5 Å². The van der Waals surface area contributed by atoms with Crippen LogP contribution in [0, 0.1) is 6.92 Å². The van der Waals surface area contributed by atoms with E-state index in [2.05, 4.69) is 10.5 Å². The average molecular weight is 442 g/mol. The highest BCUT2D eigenvalue weighted by Crippen LogP contribution is 2.23. The highest BCUT2D eigenvalue weighted by molar-refractivity contribution is 7.92. The van der Waals surface area contributed by atoms with Gasteiger partial charge in [-0.2, -0.15) is 5.10 Å². The van der Waals surface area contributed by atoms with Crippen LogP contribution in [0.2, 0.25) is 5.02 Å². The molecule has 0 bridgehead atoms. The maximum absolute atomic E-state index is 13.2. The van der Waals surface area contributed by atoms with Crippen LogP contribution in [0.4, 0.5) is 5.69 Å². The van der Waals surface area contributed by atoms with Gasteiger partial charge in [0, 0.05) is 5.02 Å². The molecule has 0 aliphatic rings. The third-order valence-corrected chi connectivity index (χ3v) is 6.25. The Morgan fingerprint density at radius 1 is 1.00 bits per heavy atom. The fourth-order valence-corrected chi connectivity index (χ4v) is 4.19. The number of carbonyl (C=O) groups is 1. The van der Waals surface area contributed by atoms with E-state index in [1.165, 1.54) is 18.3 Å². The molecule has 0 heterocycles. The molecule has 0 saturated heterocycles. The first-order chi connectivity index (χ1) is 14.4. The van der Waals surface area contributed by atoms with Gasteiger partial charge in [0.25, 0.3) is 15.9 Å². The SMILES string of the molecule is Cc1ccc(S(=O)(=O)N(CC(=O)N/N=C\c2ccc(Cl)cc2)c2ccccc2)cc1. The Balaban J connectivity index is 1.80. The van der Waals surface area contributed by atoms with Crippen LogP contribution < -0.4 is 9.73 Å². The molecular weight excluding hydrogens is 422 g/mol. The second kappa shape index (κ2) is 9.56. The van der Waals surface area contributed by atoms with Crippen molar-refractivity contribution in [3.05, 3.63) is 95.0 Å². The summed E-state index contributed by atoms with van der Waals surface area (Å²) in [7, 11) is -3.94. The maximum atomic E-state index is 13.2. The molecule has 3 aromatic carbocycles. The molecule has 154 valence electrons. The van der Waals surface area contributed by atoms with Crippen molar-refractivity contribution in [3.63, 3.8) is 0 Å². The molecule has 3 rings (SSSR count). The topological polar surface area (TPSA) is 78.8 Å². The van der Waals surface area contributed by atoms with Gasteiger partial charge in [-0.15, -0.1) is 0 Å². The molecule has 8 heteroatoms. The van der Waals surface area contributed by atoms with Gasteiger partial charge >= 0.3 is 0 Å². The molecule has 0 aromatic heterocycles. The van der Waals surface area contributed by atoms with Gasteiger partial charge in [0.1, 0.15) is 6.54 Å². The maximum Gasteiger partial charge on any atom is 0.264 e. The average Bonchev–Trinajstić information content (AvgIpc) is 2.74. The van der Waals surface area contributed by atoms with E-state index in [4.69, 9.17) is 11.6 Å². The first kappa shape index (κ1) is 21.5. The summed E-state index contributed by atoms with van der Waals surface area (Å²) >= 11 is 5.84. The summed E-state index contributed by atoms with van der Waals surface area (Å²) in [5.74, 6) is -0.570. The number of hydrogen-bond acceptors (Lipinski definition) is 4. The van der Waals surface area contributed by atoms with Crippen molar-refractivity contribution in [2.24, 2.45) is 5.10 Å². The molecule has 0 unspecified atom stereocenters. The Hall–Kier alpha value is -3.16. The summed E-state index contributed by atoms with van der Waals surface area (Å²) in [6.45, 7) is 1.45. The third kappa shape index (κ3) is 5.46. The van der Waals surface area contributed by atoms with Gasteiger partial charge in [-0.1, -0.05) is 59.6 Å². The van der Waals surface area contributed by atoms with E-state index in [-0.39, 0.29) is 4.90 Å². The number of nitrogens with one attached hydrogen (secondary N) is 1. The Kier molecular flexibility index (Phi) is 6.87. The number of sulfonamides is 1. The molecule has 0 radical (unpaired) electrons. The predicted molar refractivity (Wildman–Crippen MR) is 119 cm³/mol. The smallest absolute Gasteiger partial charge is 0.264 e. The lowest BCUT2D eigenvalue weighted by molar-refractivity contribution is -0.119. The summed E-state index contributed by atoms with van der Waals surface area (Å²) in [4.78, 5) is 12.6. The Bertz CT molecular complexity index is 1130. The standard InChI is InChI=1S/C22H20ClN3O3S/c1-17-7-13-21(14-8-17)30(28,29)26(20-5-3-2-4-6-20)16-22(27)25-24-15-18-9-11-19(23)12-10-18/h2-15H,16H2,1H3,(H,25,27)/b24-15-. The molecule has 0 fully saturated rings. The fourth-order valence-electron chi connectivity index (χ4n) is 2.64. The molecule has 1 N–H and O–H groups in total. The number of aryl methyl sites for hydroxylation is 1. The van der Waals surface area contributed by atoms with Crippen molar-refractivity contribution < 1.29 is 13.2 Å². The van der Waals surface area contributed by atoms with Gasteiger partial charge in [-0.3, -0.25) is 9.10 Å². The molecule has 0 aliphatic heterocycles. The second-order valence-electron chi connectivity index (χ2n) is 6.51. The van der Waals surface area contributed by atoms with Crippen LogP contribution in [-0.2, 0) is 14.8 Å². The summed E-state index contributed by atoms with van der Waals surface area (Å²) < 4.78 is 27.5. The number of carbonyl (C=O) groups excluding carboxylic acids is 1. The van der Waals surface area contributed by atoms with Crippen LogP contribution in [0.1, 0.15) is 11.1 Å². The van der Waals surface area contributed by atoms with Gasteiger partial charge in [0.05, 0.1) is 16.8 Å². The zero-order valence-corrected chi connectivity index (χ0v) is 17.8. The largest absolute Gasteiger partial charge is 0.271 e. The van der Waals surface area contributed by atoms with E-state index >= 15 is 0 Å². The van der Waals surface area contributed by atoms with Gasteiger partial charge in [0.2, 0.25) is 0 Å². The van der Waals surface area contributed by atoms with Crippen molar-refractivity contribution in [2.75, 3.05) is 10.8 Å². The van der Waals surface area contributed by atoms with Crippen molar-refractivity contribution in [3.8, 4) is 0 Å². The molecule has 0 atom stereocenters. The first-order valence-electron chi connectivity index (χ1n) is 9.08. The number of halogens is 1. The molecular formula is C22H20ClN3O3S. The lowest BCUT2D eigenvalue weighted by Gasteiger charge is -2.23. The number of para-hydroxylation sites is 1. The summed E-state index contributed by atoms with van der Waals surface area (Å²) in [5, 5.41) is 4.49. The highest BCUT2D eigenvalue weighted by atomic mass is 35.5. The zero-order valence-electron chi connectivity index (χ0n) is 16.2. The molecule has 0 aliphatic carbocycles. The van der Waals surface area contributed by atoms with Crippen molar-refractivity contribution in [1.29, 1.82) is 0 Å². The van der Waals surface area contributed by atoms with Crippen LogP contribution in [0.25, 0.3) is 0 Å². The monoisotopic (exact) mass is 441 g/mol. The number of anilines is 1. The second-order valence-corrected chi connectivity index (χ2v) is 8.80. The minimum Gasteiger partial charge on any atom is -0.271 e. The quantitative estimate of drug-likeness (QED) is 0.444. The molecule has 0 saturated carbocycles. The van der Waals surface area contributed by atoms with Crippen LogP contribution in [0.3, 0.4) is 0 Å². The molecule has 6 nitrogen and oxygen atoms in total. The van der Waals surface area contributed by atoms with Crippen molar-refractivity contribution in [1.82, 2.24) is 5.43 Å². The highest BCUT2D eigenvalue weighted by Gasteiger charge is 2.27. The van der Waals surface area contributed by atoms with E-state index in [0.717, 1.165) is 15.4 Å². The molecule has 0 spiro atoms. The Labute approximate surface area is 180 Å². The van der Waals surface area contributed by atoms with Gasteiger partial charge in [-0.25, -0.2) is 13.8 Å². The number of hydrazone groups is 1. The minimum atomic E-state index is -3.94. The van der Waals surface area contributed by atoms with Crippen LogP contribution in [0.5, 0.6) is 0 Å². The van der Waals surface area contributed by atoms with E-state index in [9.17, 15) is 13.2 Å².